The number of nitrogens with one attached hydrogen (secondary N) is 2. The van der Waals surface area contributed by atoms with Gasteiger partial charge in [0.2, 0.25) is 0 Å². The van der Waals surface area contributed by atoms with Crippen LogP contribution < -0.4 is 10.6 Å². The summed E-state index contributed by atoms with van der Waals surface area (Å²) in [7, 11) is 0. The zero-order valence-corrected chi connectivity index (χ0v) is 13.0. The van der Waals surface area contributed by atoms with Crippen molar-refractivity contribution in [1.29, 1.82) is 0 Å². The second-order valence-electron chi connectivity index (χ2n) is 5.25. The zero-order valence-electron chi connectivity index (χ0n) is 13.0. The number of carboxylic acids is 2. The number of hydrogen-bond acceptors (Lipinski definition) is 5. The lowest BCUT2D eigenvalue weighted by molar-refractivity contribution is -0.134. The molecule has 1 atom stereocenters. The standard InChI is InChI=1S/C13H15N3.C4H4O4/c1-2-10-8-14-7-5-12(10)13(3-1)16-11-4-6-15-9-11;5-3(6)1-2-4(7)8/h1-3,5,7-8,11,15-16H,4,6,9H2;1-2H,(H,5,6)(H,7,8)/b;2-1+/t11-;/m1./s1. The molecule has 2 heterocycles. The number of anilines is 1. The molecule has 2 aromatic rings. The summed E-state index contributed by atoms with van der Waals surface area (Å²) >= 11 is 0. The molecule has 0 amide bonds. The molecule has 3 rings (SSSR count). The number of pyridine rings is 1. The highest BCUT2D eigenvalue weighted by molar-refractivity contribution is 5.93. The highest BCUT2D eigenvalue weighted by Gasteiger charge is 2.14. The predicted octanol–water partition coefficient (Wildman–Crippen LogP) is 1.72. The molecule has 1 saturated heterocycles. The van der Waals surface area contributed by atoms with Crippen molar-refractivity contribution in [3.8, 4) is 0 Å². The van der Waals surface area contributed by atoms with Crippen LogP contribution in [-0.4, -0.2) is 46.3 Å². The monoisotopic (exact) mass is 329 g/mol. The molecular weight excluding hydrogens is 310 g/mol. The number of benzene rings is 1. The fourth-order valence-corrected chi connectivity index (χ4v) is 2.39. The van der Waals surface area contributed by atoms with Crippen molar-refractivity contribution in [1.82, 2.24) is 10.3 Å². The fourth-order valence-electron chi connectivity index (χ4n) is 2.39. The van der Waals surface area contributed by atoms with Crippen LogP contribution in [0.4, 0.5) is 5.69 Å². The van der Waals surface area contributed by atoms with E-state index in [1.165, 1.54) is 22.9 Å². The van der Waals surface area contributed by atoms with Gasteiger partial charge in [0.05, 0.1) is 0 Å². The minimum Gasteiger partial charge on any atom is -0.478 e. The number of fused-ring (bicyclic) bond motifs is 1. The molecule has 0 radical (unpaired) electrons. The molecule has 0 aliphatic carbocycles. The number of aromatic nitrogens is 1. The molecule has 0 bridgehead atoms. The third kappa shape index (κ3) is 5.36. The van der Waals surface area contributed by atoms with Crippen molar-refractivity contribution in [2.45, 2.75) is 12.5 Å². The lowest BCUT2D eigenvalue weighted by Gasteiger charge is -2.14. The Hall–Kier alpha value is -2.93. The van der Waals surface area contributed by atoms with Crippen molar-refractivity contribution in [3.05, 3.63) is 48.8 Å². The quantitative estimate of drug-likeness (QED) is 0.632. The molecule has 24 heavy (non-hydrogen) atoms. The van der Waals surface area contributed by atoms with Crippen LogP contribution in [0.3, 0.4) is 0 Å². The molecule has 1 fully saturated rings. The first kappa shape index (κ1) is 17.4. The van der Waals surface area contributed by atoms with E-state index in [1.54, 1.807) is 0 Å². The maximum atomic E-state index is 9.55. The Kier molecular flexibility index (Phi) is 6.27. The lowest BCUT2D eigenvalue weighted by Crippen LogP contribution is -2.22. The molecule has 1 aliphatic rings. The van der Waals surface area contributed by atoms with Gasteiger partial charge in [0.1, 0.15) is 0 Å². The zero-order chi connectivity index (χ0) is 17.4. The smallest absolute Gasteiger partial charge is 0.328 e. The summed E-state index contributed by atoms with van der Waals surface area (Å²) in [6.45, 7) is 2.17. The Morgan fingerprint density at radius 2 is 1.96 bits per heavy atom. The maximum Gasteiger partial charge on any atom is 0.328 e. The van der Waals surface area contributed by atoms with Gasteiger partial charge in [-0.1, -0.05) is 12.1 Å². The number of rotatable bonds is 4. The summed E-state index contributed by atoms with van der Waals surface area (Å²) in [6, 6.07) is 8.94. The van der Waals surface area contributed by atoms with E-state index in [9.17, 15) is 9.59 Å². The number of aliphatic carboxylic acids is 2. The molecule has 1 aromatic carbocycles. The Morgan fingerprint density at radius 3 is 2.58 bits per heavy atom. The lowest BCUT2D eigenvalue weighted by atomic mass is 10.1. The van der Waals surface area contributed by atoms with Crippen molar-refractivity contribution in [2.24, 2.45) is 0 Å². The average molecular weight is 329 g/mol. The molecular formula is C17H19N3O4. The van der Waals surface area contributed by atoms with E-state index in [2.05, 4.69) is 39.9 Å². The third-order valence-corrected chi connectivity index (χ3v) is 3.47. The van der Waals surface area contributed by atoms with Crippen LogP contribution in [-0.2, 0) is 9.59 Å². The van der Waals surface area contributed by atoms with Crippen LogP contribution in [0.25, 0.3) is 10.8 Å². The number of carbonyl (C=O) groups is 2. The van der Waals surface area contributed by atoms with E-state index in [0.717, 1.165) is 13.1 Å². The van der Waals surface area contributed by atoms with Gasteiger partial charge in [-0.25, -0.2) is 9.59 Å². The predicted molar refractivity (Wildman–Crippen MR) is 91.1 cm³/mol. The Labute approximate surface area is 139 Å². The molecule has 0 saturated carbocycles. The highest BCUT2D eigenvalue weighted by atomic mass is 16.4. The molecule has 0 unspecified atom stereocenters. The van der Waals surface area contributed by atoms with Crippen molar-refractivity contribution >= 4 is 28.4 Å². The minimum atomic E-state index is -1.26. The highest BCUT2D eigenvalue weighted by Crippen LogP contribution is 2.23. The molecule has 1 aliphatic heterocycles. The van der Waals surface area contributed by atoms with Crippen LogP contribution in [0.1, 0.15) is 6.42 Å². The van der Waals surface area contributed by atoms with Gasteiger partial charge in [0.25, 0.3) is 0 Å². The van der Waals surface area contributed by atoms with Crippen LogP contribution in [0.5, 0.6) is 0 Å². The summed E-state index contributed by atoms with van der Waals surface area (Å²) in [6.07, 6.45) is 6.07. The van der Waals surface area contributed by atoms with E-state index in [4.69, 9.17) is 10.2 Å². The van der Waals surface area contributed by atoms with Gasteiger partial charge in [-0.2, -0.15) is 0 Å². The molecule has 126 valence electrons. The van der Waals surface area contributed by atoms with Gasteiger partial charge in [0.15, 0.2) is 0 Å². The van der Waals surface area contributed by atoms with E-state index >= 15 is 0 Å². The second-order valence-corrected chi connectivity index (χ2v) is 5.25. The van der Waals surface area contributed by atoms with E-state index in [0.29, 0.717) is 18.2 Å². The molecule has 4 N–H and O–H groups in total. The Bertz CT molecular complexity index is 718. The van der Waals surface area contributed by atoms with Gasteiger partial charge in [-0.3, -0.25) is 4.98 Å². The molecule has 7 nitrogen and oxygen atoms in total. The largest absolute Gasteiger partial charge is 0.478 e. The summed E-state index contributed by atoms with van der Waals surface area (Å²) in [5.74, 6) is -2.51. The number of hydrogen-bond donors (Lipinski definition) is 4. The average Bonchev–Trinajstić information content (AvgIpc) is 3.07. The summed E-state index contributed by atoms with van der Waals surface area (Å²) in [4.78, 5) is 23.3. The normalized spacial score (nSPS) is 16.6. The van der Waals surface area contributed by atoms with Crippen LogP contribution in [0, 0.1) is 0 Å². The van der Waals surface area contributed by atoms with Crippen LogP contribution >= 0.6 is 0 Å². The van der Waals surface area contributed by atoms with Gasteiger partial charge >= 0.3 is 11.9 Å². The SMILES string of the molecule is O=C(O)/C=C/C(=O)O.c1cc(N[C@@H]2CCNC2)c2ccncc2c1. The number of carboxylic acid groups (broad SMARTS) is 2. The van der Waals surface area contributed by atoms with E-state index in [-0.39, 0.29) is 0 Å². The second kappa shape index (κ2) is 8.64. The molecule has 7 heteroatoms. The first-order valence-corrected chi connectivity index (χ1v) is 7.50. The van der Waals surface area contributed by atoms with Gasteiger partial charge in [-0.15, -0.1) is 0 Å². The summed E-state index contributed by atoms with van der Waals surface area (Å²) < 4.78 is 0. The van der Waals surface area contributed by atoms with E-state index < -0.39 is 11.9 Å². The van der Waals surface area contributed by atoms with Gasteiger partial charge in [-0.05, 0) is 25.1 Å². The molecule has 1 aromatic heterocycles. The van der Waals surface area contributed by atoms with Gasteiger partial charge in [0, 0.05) is 53.6 Å². The first-order chi connectivity index (χ1) is 11.6. The fraction of sp³-hybridized carbons (Fsp3) is 0.235. The Morgan fingerprint density at radius 1 is 1.21 bits per heavy atom. The van der Waals surface area contributed by atoms with Crippen LogP contribution in [0.15, 0.2) is 48.8 Å². The van der Waals surface area contributed by atoms with Crippen molar-refractivity contribution in [2.75, 3.05) is 18.4 Å². The molecule has 0 spiro atoms. The topological polar surface area (TPSA) is 112 Å². The minimum absolute atomic E-state index is 0.554. The Balaban J connectivity index is 0.000000224. The summed E-state index contributed by atoms with van der Waals surface area (Å²) in [5.41, 5.74) is 1.22. The van der Waals surface area contributed by atoms with Crippen LogP contribution in [0.2, 0.25) is 0 Å². The van der Waals surface area contributed by atoms with Crippen molar-refractivity contribution < 1.29 is 19.8 Å². The maximum absolute atomic E-state index is 9.55. The first-order valence-electron chi connectivity index (χ1n) is 7.50. The third-order valence-electron chi connectivity index (χ3n) is 3.47. The van der Waals surface area contributed by atoms with Gasteiger partial charge < -0.3 is 20.8 Å². The number of nitrogens with zero attached hydrogens (tertiary/aromatic N) is 1. The van der Waals surface area contributed by atoms with E-state index in [1.807, 2.05) is 12.4 Å². The van der Waals surface area contributed by atoms with Crippen molar-refractivity contribution in [3.63, 3.8) is 0 Å². The summed E-state index contributed by atoms with van der Waals surface area (Å²) in [5, 5.41) is 25.0.